The fraction of sp³-hybridized carbons (Fsp3) is 1.00. The van der Waals surface area contributed by atoms with Crippen LogP contribution in [-0.4, -0.2) is 65.2 Å². The first kappa shape index (κ1) is 13.9. The number of rotatable bonds is 5. The van der Waals surface area contributed by atoms with E-state index in [0.29, 0.717) is 6.42 Å². The van der Waals surface area contributed by atoms with Crippen molar-refractivity contribution in [2.75, 3.05) is 38.0 Å². The molecule has 1 heterocycles. The molecule has 0 radical (unpaired) electrons. The predicted octanol–water partition coefficient (Wildman–Crippen LogP) is -0.918. The highest BCUT2D eigenvalue weighted by Gasteiger charge is 2.36. The van der Waals surface area contributed by atoms with Crippen molar-refractivity contribution in [1.29, 1.82) is 0 Å². The van der Waals surface area contributed by atoms with Crippen LogP contribution in [0.3, 0.4) is 0 Å². The van der Waals surface area contributed by atoms with Crippen molar-refractivity contribution in [2.24, 2.45) is 0 Å². The van der Waals surface area contributed by atoms with E-state index in [-0.39, 0.29) is 24.7 Å². The highest BCUT2D eigenvalue weighted by Crippen LogP contribution is 2.19. The Kier molecular flexibility index (Phi) is 4.33. The lowest BCUT2D eigenvalue weighted by Crippen LogP contribution is -2.42. The quantitative estimate of drug-likeness (QED) is 0.646. The van der Waals surface area contributed by atoms with E-state index in [4.69, 9.17) is 4.74 Å². The molecule has 0 aromatic rings. The van der Waals surface area contributed by atoms with Crippen LogP contribution in [0.15, 0.2) is 0 Å². The Morgan fingerprint density at radius 1 is 1.44 bits per heavy atom. The van der Waals surface area contributed by atoms with E-state index in [2.05, 4.69) is 0 Å². The molecule has 0 N–H and O–H groups in total. The van der Waals surface area contributed by atoms with Crippen LogP contribution in [0.1, 0.15) is 6.42 Å². The zero-order valence-corrected chi connectivity index (χ0v) is 11.1. The van der Waals surface area contributed by atoms with E-state index >= 15 is 0 Å². The third kappa shape index (κ3) is 3.69. The molecule has 1 rings (SSSR count). The van der Waals surface area contributed by atoms with E-state index < -0.39 is 25.9 Å². The summed E-state index contributed by atoms with van der Waals surface area (Å²) in [4.78, 5) is 0. The molecule has 96 valence electrons. The van der Waals surface area contributed by atoms with E-state index in [1.165, 1.54) is 11.4 Å². The van der Waals surface area contributed by atoms with Gasteiger partial charge in [-0.25, -0.2) is 16.8 Å². The van der Waals surface area contributed by atoms with Crippen LogP contribution >= 0.6 is 0 Å². The van der Waals surface area contributed by atoms with Gasteiger partial charge in [0.2, 0.25) is 10.0 Å². The van der Waals surface area contributed by atoms with Crippen LogP contribution < -0.4 is 0 Å². The summed E-state index contributed by atoms with van der Waals surface area (Å²) in [5.41, 5.74) is 0. The van der Waals surface area contributed by atoms with Crippen LogP contribution in [0.25, 0.3) is 0 Å². The molecule has 0 aliphatic carbocycles. The van der Waals surface area contributed by atoms with Crippen LogP contribution in [0.4, 0.5) is 0 Å². The average molecular weight is 271 g/mol. The smallest absolute Gasteiger partial charge is 0.211 e. The third-order valence-corrected chi connectivity index (χ3v) is 5.64. The molecule has 0 saturated carbocycles. The molecule has 0 aromatic carbocycles. The number of hydrogen-bond donors (Lipinski definition) is 0. The summed E-state index contributed by atoms with van der Waals surface area (Å²) in [5, 5.41) is 0. The largest absolute Gasteiger partial charge is 0.383 e. The lowest BCUT2D eigenvalue weighted by atomic mass is 10.3. The molecule has 1 aliphatic rings. The summed E-state index contributed by atoms with van der Waals surface area (Å²) in [6.45, 7) is 0.471. The molecule has 6 nitrogen and oxygen atoms in total. The molecule has 1 saturated heterocycles. The maximum atomic E-state index is 11.5. The average Bonchev–Trinajstić information content (AvgIpc) is 2.44. The van der Waals surface area contributed by atoms with Gasteiger partial charge in [0.15, 0.2) is 9.84 Å². The Balaban J connectivity index is 2.79. The van der Waals surface area contributed by atoms with Crippen molar-refractivity contribution in [2.45, 2.75) is 12.5 Å². The number of methoxy groups -OCH3 is 1. The number of ether oxygens (including phenoxy) is 1. The van der Waals surface area contributed by atoms with E-state index in [1.807, 2.05) is 0 Å². The Bertz CT molecular complexity index is 427. The zero-order chi connectivity index (χ0) is 12.4. The second kappa shape index (κ2) is 4.99. The lowest BCUT2D eigenvalue weighted by molar-refractivity contribution is 0.169. The first-order valence-electron chi connectivity index (χ1n) is 4.92. The molecule has 0 spiro atoms. The van der Waals surface area contributed by atoms with Gasteiger partial charge < -0.3 is 4.74 Å². The lowest BCUT2D eigenvalue weighted by Gasteiger charge is -2.25. The summed E-state index contributed by atoms with van der Waals surface area (Å²) in [7, 11) is -4.98. The summed E-state index contributed by atoms with van der Waals surface area (Å²) < 4.78 is 51.7. The van der Waals surface area contributed by atoms with Gasteiger partial charge in [-0.2, -0.15) is 4.31 Å². The van der Waals surface area contributed by atoms with E-state index in [0.717, 1.165) is 6.26 Å². The van der Waals surface area contributed by atoms with Crippen LogP contribution in [-0.2, 0) is 24.6 Å². The third-order valence-electron chi connectivity index (χ3n) is 2.56. The monoisotopic (exact) mass is 271 g/mol. The maximum Gasteiger partial charge on any atom is 0.211 e. The number of nitrogens with zero attached hydrogens (tertiary/aromatic N) is 1. The molecule has 16 heavy (non-hydrogen) atoms. The van der Waals surface area contributed by atoms with Gasteiger partial charge in [0.1, 0.15) is 0 Å². The molecule has 8 heteroatoms. The molecule has 1 atom stereocenters. The standard InChI is InChI=1S/C8H17NO5S2/c1-14-5-4-9(15(2,10)11)8-3-6-16(12,13)7-8/h8H,3-7H2,1-2H3. The Morgan fingerprint density at radius 3 is 2.44 bits per heavy atom. The SMILES string of the molecule is COCCN(C1CCS(=O)(=O)C1)S(C)(=O)=O. The van der Waals surface area contributed by atoms with E-state index in [1.54, 1.807) is 0 Å². The first-order chi connectivity index (χ1) is 7.26. The normalized spacial score (nSPS) is 25.1. The molecule has 0 aromatic heterocycles. The molecular formula is C8H17NO5S2. The van der Waals surface area contributed by atoms with Gasteiger partial charge in [-0.1, -0.05) is 0 Å². The summed E-state index contributed by atoms with van der Waals surface area (Å²) in [6.07, 6.45) is 1.46. The maximum absolute atomic E-state index is 11.5. The van der Waals surface area contributed by atoms with Gasteiger partial charge in [0, 0.05) is 19.7 Å². The van der Waals surface area contributed by atoms with Crippen molar-refractivity contribution >= 4 is 19.9 Å². The fourth-order valence-corrected chi connectivity index (χ4v) is 4.76. The number of sulfonamides is 1. The van der Waals surface area contributed by atoms with E-state index in [9.17, 15) is 16.8 Å². The molecule has 0 bridgehead atoms. The molecular weight excluding hydrogens is 254 g/mol. The first-order valence-corrected chi connectivity index (χ1v) is 8.59. The number of sulfone groups is 1. The Labute approximate surface area is 96.5 Å². The highest BCUT2D eigenvalue weighted by atomic mass is 32.2. The Morgan fingerprint density at radius 2 is 2.06 bits per heavy atom. The fourth-order valence-electron chi connectivity index (χ4n) is 1.80. The van der Waals surface area contributed by atoms with Gasteiger partial charge in [0.25, 0.3) is 0 Å². The minimum atomic E-state index is -3.38. The minimum Gasteiger partial charge on any atom is -0.383 e. The predicted molar refractivity (Wildman–Crippen MR) is 60.5 cm³/mol. The van der Waals surface area contributed by atoms with Crippen LogP contribution in [0.2, 0.25) is 0 Å². The summed E-state index contributed by atoms with van der Waals surface area (Å²) in [5.74, 6) is -0.0134. The topological polar surface area (TPSA) is 80.8 Å². The second-order valence-corrected chi connectivity index (χ2v) is 8.09. The molecule has 0 amide bonds. The Hall–Kier alpha value is -0.180. The second-order valence-electron chi connectivity index (χ2n) is 3.92. The molecule has 1 fully saturated rings. The molecule has 1 aliphatic heterocycles. The van der Waals surface area contributed by atoms with Gasteiger partial charge >= 0.3 is 0 Å². The highest BCUT2D eigenvalue weighted by molar-refractivity contribution is 7.92. The summed E-state index contributed by atoms with van der Waals surface area (Å²) >= 11 is 0. The van der Waals surface area contributed by atoms with Crippen LogP contribution in [0, 0.1) is 0 Å². The van der Waals surface area contributed by atoms with Crippen molar-refractivity contribution in [3.05, 3.63) is 0 Å². The van der Waals surface area contributed by atoms with Gasteiger partial charge in [-0.3, -0.25) is 0 Å². The van der Waals surface area contributed by atoms with Crippen molar-refractivity contribution in [3.63, 3.8) is 0 Å². The van der Waals surface area contributed by atoms with Gasteiger partial charge in [0.05, 0.1) is 24.4 Å². The minimum absolute atomic E-state index is 0.0661. The van der Waals surface area contributed by atoms with Gasteiger partial charge in [-0.05, 0) is 6.42 Å². The van der Waals surface area contributed by atoms with Crippen LogP contribution in [0.5, 0.6) is 0 Å². The van der Waals surface area contributed by atoms with Crippen molar-refractivity contribution < 1.29 is 21.6 Å². The van der Waals surface area contributed by atoms with Crippen molar-refractivity contribution in [1.82, 2.24) is 4.31 Å². The van der Waals surface area contributed by atoms with Crippen molar-refractivity contribution in [3.8, 4) is 0 Å². The molecule has 1 unspecified atom stereocenters. The van der Waals surface area contributed by atoms with Gasteiger partial charge in [-0.15, -0.1) is 0 Å². The zero-order valence-electron chi connectivity index (χ0n) is 9.42. The number of hydrogen-bond acceptors (Lipinski definition) is 5. The summed E-state index contributed by atoms with van der Waals surface area (Å²) in [6, 6.07) is -0.435.